The first-order valence-electron chi connectivity index (χ1n) is 5.79. The summed E-state index contributed by atoms with van der Waals surface area (Å²) in [5.41, 5.74) is 7.16. The molecule has 0 bridgehead atoms. The average Bonchev–Trinajstić information content (AvgIpc) is 2.48. The predicted molar refractivity (Wildman–Crippen MR) is 78.7 cm³/mol. The van der Waals surface area contributed by atoms with Gasteiger partial charge in [0.2, 0.25) is 0 Å². The quantitative estimate of drug-likeness (QED) is 0.224. The molecule has 0 saturated heterocycles. The van der Waals surface area contributed by atoms with Crippen LogP contribution in [-0.2, 0) is 0 Å². The summed E-state index contributed by atoms with van der Waals surface area (Å²) in [7, 11) is 0. The third-order valence-corrected chi connectivity index (χ3v) is 2.33. The fourth-order valence-corrected chi connectivity index (χ4v) is 1.42. The van der Waals surface area contributed by atoms with Crippen LogP contribution in [0.4, 0.5) is 11.4 Å². The van der Waals surface area contributed by atoms with Crippen molar-refractivity contribution in [1.29, 1.82) is 0 Å². The van der Waals surface area contributed by atoms with E-state index >= 15 is 0 Å². The van der Waals surface area contributed by atoms with Crippen molar-refractivity contribution in [3.63, 3.8) is 0 Å². The molecule has 0 aliphatic heterocycles. The Kier molecular flexibility index (Phi) is 6.07. The molecule has 2 aromatic rings. The number of benzene rings is 2. The molecular formula is C14H13N3O4. The average molecular weight is 287 g/mol. The van der Waals surface area contributed by atoms with Gasteiger partial charge < -0.3 is 10.9 Å². The molecule has 0 radical (unpaired) electrons. The number of nitrogens with zero attached hydrogens (tertiary/aromatic N) is 2. The Morgan fingerprint density at radius 3 is 2.38 bits per heavy atom. The van der Waals surface area contributed by atoms with E-state index in [1.54, 1.807) is 24.3 Å². The van der Waals surface area contributed by atoms with Crippen molar-refractivity contribution in [2.75, 3.05) is 5.73 Å². The summed E-state index contributed by atoms with van der Waals surface area (Å²) < 4.78 is 0. The lowest BCUT2D eigenvalue weighted by Gasteiger charge is -1.92. The molecule has 3 N–H and O–H groups in total. The van der Waals surface area contributed by atoms with Gasteiger partial charge in [0.1, 0.15) is 6.29 Å². The normalized spacial score (nSPS) is 9.71. The molecular weight excluding hydrogens is 274 g/mol. The van der Waals surface area contributed by atoms with Crippen molar-refractivity contribution >= 4 is 23.9 Å². The summed E-state index contributed by atoms with van der Waals surface area (Å²) in [6, 6.07) is 12.7. The molecule has 2 rings (SSSR count). The predicted octanol–water partition coefficient (Wildman–Crippen LogP) is 2.48. The third-order valence-electron chi connectivity index (χ3n) is 2.33. The van der Waals surface area contributed by atoms with Crippen LogP contribution in [0.2, 0.25) is 0 Å². The topological polar surface area (TPSA) is 119 Å². The number of aldehydes is 1. The lowest BCUT2D eigenvalue weighted by molar-refractivity contribution is -0.384. The number of non-ortho nitro benzene ring substituents is 1. The Labute approximate surface area is 120 Å². The van der Waals surface area contributed by atoms with Crippen molar-refractivity contribution in [1.82, 2.24) is 0 Å². The number of rotatable bonds is 3. The van der Waals surface area contributed by atoms with Crippen molar-refractivity contribution < 1.29 is 14.9 Å². The first-order chi connectivity index (χ1) is 10.1. The fraction of sp³-hybridized carbons (Fsp3) is 0. The van der Waals surface area contributed by atoms with E-state index in [1.165, 1.54) is 30.5 Å². The second kappa shape index (κ2) is 8.05. The van der Waals surface area contributed by atoms with Gasteiger partial charge in [0.25, 0.3) is 5.69 Å². The molecule has 0 aliphatic rings. The summed E-state index contributed by atoms with van der Waals surface area (Å²) in [5, 5.41) is 21.2. The molecule has 0 saturated carbocycles. The van der Waals surface area contributed by atoms with Gasteiger partial charge in [-0.1, -0.05) is 29.4 Å². The number of nitro benzene ring substituents is 1. The lowest BCUT2D eigenvalue weighted by atomic mass is 10.2. The van der Waals surface area contributed by atoms with E-state index < -0.39 is 4.92 Å². The summed E-state index contributed by atoms with van der Waals surface area (Å²) in [6.45, 7) is 0. The summed E-state index contributed by atoms with van der Waals surface area (Å²) in [4.78, 5) is 19.8. The van der Waals surface area contributed by atoms with Crippen LogP contribution in [0.5, 0.6) is 0 Å². The first-order valence-corrected chi connectivity index (χ1v) is 5.79. The first kappa shape index (κ1) is 15.8. The highest BCUT2D eigenvalue weighted by molar-refractivity contribution is 5.80. The minimum Gasteiger partial charge on any atom is -0.411 e. The molecule has 0 atom stereocenters. The van der Waals surface area contributed by atoms with Crippen molar-refractivity contribution in [3.8, 4) is 0 Å². The summed E-state index contributed by atoms with van der Waals surface area (Å²) in [5.74, 6) is 0. The minimum atomic E-state index is -0.535. The van der Waals surface area contributed by atoms with Crippen LogP contribution in [0.3, 0.4) is 0 Å². The van der Waals surface area contributed by atoms with Crippen molar-refractivity contribution in [2.45, 2.75) is 0 Å². The Hall–Kier alpha value is -3.22. The number of anilines is 1. The fourth-order valence-electron chi connectivity index (χ4n) is 1.42. The Bertz CT molecular complexity index is 656. The molecule has 0 spiro atoms. The molecule has 7 heteroatoms. The summed E-state index contributed by atoms with van der Waals surface area (Å²) >= 11 is 0. The van der Waals surface area contributed by atoms with Gasteiger partial charge in [-0.15, -0.1) is 0 Å². The highest BCUT2D eigenvalue weighted by Crippen LogP contribution is 2.10. The van der Waals surface area contributed by atoms with Crippen molar-refractivity contribution in [3.05, 3.63) is 69.8 Å². The van der Waals surface area contributed by atoms with Crippen LogP contribution >= 0.6 is 0 Å². The number of hydrogen-bond acceptors (Lipinski definition) is 6. The highest BCUT2D eigenvalue weighted by atomic mass is 16.6. The van der Waals surface area contributed by atoms with E-state index in [1.807, 2.05) is 0 Å². The Morgan fingerprint density at radius 2 is 1.81 bits per heavy atom. The standard InChI is InChI=1S/C7H8N2O.C7H5NO3/c8-7-3-1-2-6(4-7)5-9-10;9-5-6-2-1-3-7(4-6)8(10)11/h1-5,10H,8H2;1-5H/b9-5+;. The summed E-state index contributed by atoms with van der Waals surface area (Å²) in [6.07, 6.45) is 1.91. The van der Waals surface area contributed by atoms with Crippen LogP contribution in [0.1, 0.15) is 15.9 Å². The molecule has 0 unspecified atom stereocenters. The van der Waals surface area contributed by atoms with Crippen LogP contribution in [0, 0.1) is 10.1 Å². The van der Waals surface area contributed by atoms with Gasteiger partial charge in [0.05, 0.1) is 11.1 Å². The Balaban J connectivity index is 0.000000211. The molecule has 7 nitrogen and oxygen atoms in total. The van der Waals surface area contributed by atoms with Crippen molar-refractivity contribution in [2.24, 2.45) is 5.16 Å². The molecule has 2 aromatic carbocycles. The van der Waals surface area contributed by atoms with Gasteiger partial charge in [-0.05, 0) is 17.7 Å². The van der Waals surface area contributed by atoms with Gasteiger partial charge >= 0.3 is 0 Å². The smallest absolute Gasteiger partial charge is 0.270 e. The number of carbonyl (C=O) groups is 1. The van der Waals surface area contributed by atoms with Crippen LogP contribution in [-0.4, -0.2) is 22.6 Å². The van der Waals surface area contributed by atoms with Gasteiger partial charge in [0.15, 0.2) is 0 Å². The number of hydrogen-bond donors (Lipinski definition) is 2. The van der Waals surface area contributed by atoms with Crippen LogP contribution < -0.4 is 5.73 Å². The zero-order valence-corrected chi connectivity index (χ0v) is 10.9. The largest absolute Gasteiger partial charge is 0.411 e. The van der Waals surface area contributed by atoms with E-state index in [-0.39, 0.29) is 5.69 Å². The van der Waals surface area contributed by atoms with E-state index in [0.29, 0.717) is 17.5 Å². The SMILES string of the molecule is Nc1cccc(/C=N/O)c1.O=Cc1cccc([N+](=O)[O-])c1. The molecule has 0 heterocycles. The molecule has 0 aromatic heterocycles. The van der Waals surface area contributed by atoms with E-state index in [2.05, 4.69) is 5.16 Å². The Morgan fingerprint density at radius 1 is 1.14 bits per heavy atom. The number of nitrogens with two attached hydrogens (primary N) is 1. The second-order valence-corrected chi connectivity index (χ2v) is 3.88. The molecule has 108 valence electrons. The van der Waals surface area contributed by atoms with E-state index in [9.17, 15) is 14.9 Å². The van der Waals surface area contributed by atoms with E-state index in [0.717, 1.165) is 5.56 Å². The zero-order valence-electron chi connectivity index (χ0n) is 10.9. The van der Waals surface area contributed by atoms with E-state index in [4.69, 9.17) is 10.9 Å². The number of nitro groups is 1. The third kappa shape index (κ3) is 5.52. The molecule has 0 aliphatic carbocycles. The maximum atomic E-state index is 10.2. The van der Waals surface area contributed by atoms with Crippen LogP contribution in [0.15, 0.2) is 53.7 Å². The second-order valence-electron chi connectivity index (χ2n) is 3.88. The van der Waals surface area contributed by atoms with Gasteiger partial charge in [0, 0.05) is 23.4 Å². The van der Waals surface area contributed by atoms with Gasteiger partial charge in [-0.25, -0.2) is 0 Å². The maximum Gasteiger partial charge on any atom is 0.270 e. The van der Waals surface area contributed by atoms with Gasteiger partial charge in [-0.2, -0.15) is 0 Å². The lowest BCUT2D eigenvalue weighted by Crippen LogP contribution is -1.88. The minimum absolute atomic E-state index is 0.0606. The number of carbonyl (C=O) groups excluding carboxylic acids is 1. The monoisotopic (exact) mass is 287 g/mol. The highest BCUT2D eigenvalue weighted by Gasteiger charge is 2.03. The van der Waals surface area contributed by atoms with Gasteiger partial charge in [-0.3, -0.25) is 14.9 Å². The maximum absolute atomic E-state index is 10.2. The number of oxime groups is 1. The number of nitrogen functional groups attached to an aromatic ring is 1. The molecule has 0 fully saturated rings. The molecule has 0 amide bonds. The van der Waals surface area contributed by atoms with Crippen LogP contribution in [0.25, 0.3) is 0 Å². The zero-order chi connectivity index (χ0) is 15.7. The molecule has 21 heavy (non-hydrogen) atoms.